The Hall–Kier alpha value is -0.480. The van der Waals surface area contributed by atoms with Gasteiger partial charge in [0.1, 0.15) is 5.82 Å². The maximum Gasteiger partial charge on any atom is 0.108 e. The minimum absolute atomic E-state index is 0.212. The molecule has 1 heterocycles. The number of aryl methyl sites for hydroxylation is 2. The van der Waals surface area contributed by atoms with Crippen LogP contribution in [0.3, 0.4) is 0 Å². The van der Waals surface area contributed by atoms with Crippen molar-refractivity contribution in [3.8, 4) is 0 Å². The first-order valence-electron chi connectivity index (χ1n) is 5.89. The topological polar surface area (TPSA) is 38.1 Å². The highest BCUT2D eigenvalue weighted by Gasteiger charge is 2.09. The van der Waals surface area contributed by atoms with Crippen molar-refractivity contribution in [1.29, 1.82) is 0 Å². The molecular formula is C12H22N2OS. The molecule has 4 heteroatoms. The van der Waals surface area contributed by atoms with Gasteiger partial charge in [0.15, 0.2) is 0 Å². The molecule has 0 fully saturated rings. The molecular weight excluding hydrogens is 220 g/mol. The third-order valence-corrected chi connectivity index (χ3v) is 4.25. The van der Waals surface area contributed by atoms with E-state index in [4.69, 9.17) is 0 Å². The molecule has 0 saturated heterocycles. The van der Waals surface area contributed by atoms with E-state index in [2.05, 4.69) is 18.8 Å². The highest BCUT2D eigenvalue weighted by atomic mass is 32.2. The van der Waals surface area contributed by atoms with Gasteiger partial charge in [-0.05, 0) is 12.8 Å². The first-order valence-corrected chi connectivity index (χ1v) is 6.94. The van der Waals surface area contributed by atoms with E-state index >= 15 is 0 Å². The Morgan fingerprint density at radius 3 is 2.88 bits per heavy atom. The van der Waals surface area contributed by atoms with Crippen LogP contribution >= 0.6 is 11.8 Å². The summed E-state index contributed by atoms with van der Waals surface area (Å²) >= 11 is 1.85. The second-order valence-corrected chi connectivity index (χ2v) is 5.67. The van der Waals surface area contributed by atoms with Gasteiger partial charge in [0.25, 0.3) is 0 Å². The van der Waals surface area contributed by atoms with Gasteiger partial charge in [-0.25, -0.2) is 4.98 Å². The van der Waals surface area contributed by atoms with Gasteiger partial charge >= 0.3 is 0 Å². The van der Waals surface area contributed by atoms with Crippen molar-refractivity contribution in [3.63, 3.8) is 0 Å². The lowest BCUT2D eigenvalue weighted by Gasteiger charge is -2.13. The molecule has 0 aromatic carbocycles. The zero-order chi connectivity index (χ0) is 12.0. The number of hydrogen-bond acceptors (Lipinski definition) is 3. The summed E-state index contributed by atoms with van der Waals surface area (Å²) in [5, 5.41) is 10.5. The third-order valence-electron chi connectivity index (χ3n) is 2.77. The average Bonchev–Trinajstić information content (AvgIpc) is 2.69. The Morgan fingerprint density at radius 2 is 2.31 bits per heavy atom. The molecule has 2 unspecified atom stereocenters. The Labute approximate surface area is 102 Å². The van der Waals surface area contributed by atoms with Crippen molar-refractivity contribution < 1.29 is 5.11 Å². The van der Waals surface area contributed by atoms with Crippen LogP contribution in [-0.2, 0) is 13.5 Å². The summed E-state index contributed by atoms with van der Waals surface area (Å²) in [6, 6.07) is 0. The van der Waals surface area contributed by atoms with E-state index in [9.17, 15) is 5.11 Å². The molecule has 0 bridgehead atoms. The lowest BCUT2D eigenvalue weighted by atomic mass is 10.2. The van der Waals surface area contributed by atoms with Crippen molar-refractivity contribution in [3.05, 3.63) is 18.2 Å². The molecule has 0 aliphatic carbocycles. The Kier molecular flexibility index (Phi) is 5.91. The molecule has 0 spiro atoms. The fourth-order valence-electron chi connectivity index (χ4n) is 1.41. The largest absolute Gasteiger partial charge is 0.392 e. The molecule has 0 amide bonds. The van der Waals surface area contributed by atoms with Crippen molar-refractivity contribution >= 4 is 11.8 Å². The molecule has 1 rings (SSSR count). The minimum Gasteiger partial charge on any atom is -0.392 e. The highest BCUT2D eigenvalue weighted by molar-refractivity contribution is 7.99. The number of hydrogen-bond donors (Lipinski definition) is 1. The molecule has 92 valence electrons. The molecule has 1 N–H and O–H groups in total. The van der Waals surface area contributed by atoms with E-state index in [0.29, 0.717) is 5.25 Å². The number of nitrogens with zero attached hydrogens (tertiary/aromatic N) is 2. The zero-order valence-corrected chi connectivity index (χ0v) is 11.2. The van der Waals surface area contributed by atoms with Crippen LogP contribution in [0.4, 0.5) is 0 Å². The molecule has 1 aromatic heterocycles. The summed E-state index contributed by atoms with van der Waals surface area (Å²) in [4.78, 5) is 4.24. The van der Waals surface area contributed by atoms with Crippen LogP contribution in [0.1, 0.15) is 32.5 Å². The van der Waals surface area contributed by atoms with Crippen LogP contribution in [0.15, 0.2) is 12.4 Å². The molecule has 1 aromatic rings. The predicted octanol–water partition coefficient (Wildman–Crippen LogP) is 2.25. The van der Waals surface area contributed by atoms with E-state index in [-0.39, 0.29) is 6.10 Å². The summed E-state index contributed by atoms with van der Waals surface area (Å²) in [6.07, 6.45) is 6.35. The third kappa shape index (κ3) is 4.58. The van der Waals surface area contributed by atoms with Crippen molar-refractivity contribution in [1.82, 2.24) is 9.55 Å². The zero-order valence-electron chi connectivity index (χ0n) is 10.4. The molecule has 0 aliphatic rings. The fraction of sp³-hybridized carbons (Fsp3) is 0.750. The Bertz CT molecular complexity index is 301. The standard InChI is InChI=1S/C12H22N2OS/c1-4-10(2)16-9-11(15)5-6-12-13-7-8-14(12)3/h7-8,10-11,15H,4-6,9H2,1-3H3. The monoisotopic (exact) mass is 242 g/mol. The van der Waals surface area contributed by atoms with Gasteiger partial charge in [0, 0.05) is 36.9 Å². The normalized spacial score (nSPS) is 15.0. The SMILES string of the molecule is CCC(C)SCC(O)CCc1nccn1C. The molecule has 3 nitrogen and oxygen atoms in total. The maximum atomic E-state index is 9.83. The molecule has 0 saturated carbocycles. The van der Waals surface area contributed by atoms with E-state index in [0.717, 1.165) is 30.8 Å². The molecule has 0 aliphatic heterocycles. The quantitative estimate of drug-likeness (QED) is 0.797. The van der Waals surface area contributed by atoms with E-state index < -0.39 is 0 Å². The number of imidazole rings is 1. The number of aliphatic hydroxyl groups is 1. The molecule has 2 atom stereocenters. The lowest BCUT2D eigenvalue weighted by molar-refractivity contribution is 0.188. The highest BCUT2D eigenvalue weighted by Crippen LogP contribution is 2.16. The second kappa shape index (κ2) is 6.97. The first kappa shape index (κ1) is 13.6. The van der Waals surface area contributed by atoms with Crippen LogP contribution in [0.5, 0.6) is 0 Å². The van der Waals surface area contributed by atoms with Gasteiger partial charge in [-0.1, -0.05) is 13.8 Å². The fourth-order valence-corrected chi connectivity index (χ4v) is 2.36. The van der Waals surface area contributed by atoms with Crippen LogP contribution in [0, 0.1) is 0 Å². The van der Waals surface area contributed by atoms with E-state index in [1.54, 1.807) is 6.20 Å². The van der Waals surface area contributed by atoms with Gasteiger partial charge < -0.3 is 9.67 Å². The average molecular weight is 242 g/mol. The van der Waals surface area contributed by atoms with Gasteiger partial charge in [0.05, 0.1) is 6.10 Å². The Morgan fingerprint density at radius 1 is 1.56 bits per heavy atom. The number of aliphatic hydroxyl groups excluding tert-OH is 1. The van der Waals surface area contributed by atoms with E-state index in [1.165, 1.54) is 0 Å². The maximum absolute atomic E-state index is 9.83. The van der Waals surface area contributed by atoms with Crippen LogP contribution < -0.4 is 0 Å². The summed E-state index contributed by atoms with van der Waals surface area (Å²) in [5.41, 5.74) is 0. The number of aromatic nitrogens is 2. The summed E-state index contributed by atoms with van der Waals surface area (Å²) in [7, 11) is 1.99. The van der Waals surface area contributed by atoms with Crippen molar-refractivity contribution in [2.75, 3.05) is 5.75 Å². The van der Waals surface area contributed by atoms with Crippen LogP contribution in [0.25, 0.3) is 0 Å². The second-order valence-electron chi connectivity index (χ2n) is 4.20. The van der Waals surface area contributed by atoms with Gasteiger partial charge in [-0.3, -0.25) is 0 Å². The van der Waals surface area contributed by atoms with Crippen LogP contribution in [0.2, 0.25) is 0 Å². The van der Waals surface area contributed by atoms with E-state index in [1.807, 2.05) is 29.6 Å². The van der Waals surface area contributed by atoms with Crippen molar-refractivity contribution in [2.45, 2.75) is 44.5 Å². The van der Waals surface area contributed by atoms with Crippen molar-refractivity contribution in [2.24, 2.45) is 7.05 Å². The number of thioether (sulfide) groups is 1. The predicted molar refractivity (Wildman–Crippen MR) is 69.7 cm³/mol. The summed E-state index contributed by atoms with van der Waals surface area (Å²) in [5.74, 6) is 1.88. The minimum atomic E-state index is -0.212. The first-order chi connectivity index (χ1) is 7.63. The Balaban J connectivity index is 2.20. The smallest absolute Gasteiger partial charge is 0.108 e. The van der Waals surface area contributed by atoms with Gasteiger partial charge in [0.2, 0.25) is 0 Å². The summed E-state index contributed by atoms with van der Waals surface area (Å²) < 4.78 is 2.01. The number of rotatable bonds is 7. The lowest BCUT2D eigenvalue weighted by Crippen LogP contribution is -2.14. The van der Waals surface area contributed by atoms with Gasteiger partial charge in [-0.2, -0.15) is 11.8 Å². The molecule has 16 heavy (non-hydrogen) atoms. The van der Waals surface area contributed by atoms with Gasteiger partial charge in [-0.15, -0.1) is 0 Å². The summed E-state index contributed by atoms with van der Waals surface area (Å²) in [6.45, 7) is 4.38. The molecule has 0 radical (unpaired) electrons. The van der Waals surface area contributed by atoms with Crippen LogP contribution in [-0.4, -0.2) is 31.8 Å².